The van der Waals surface area contributed by atoms with E-state index >= 15 is 0 Å². The molecule has 0 bridgehead atoms. The van der Waals surface area contributed by atoms with Gasteiger partial charge in [0.2, 0.25) is 5.91 Å². The van der Waals surface area contributed by atoms with Crippen LogP contribution in [0.5, 0.6) is 0 Å². The van der Waals surface area contributed by atoms with Gasteiger partial charge in [-0.15, -0.1) is 0 Å². The molecule has 3 nitrogen and oxygen atoms in total. The van der Waals surface area contributed by atoms with Crippen LogP contribution in [0.2, 0.25) is 0 Å². The van der Waals surface area contributed by atoms with Gasteiger partial charge in [-0.25, -0.2) is 0 Å². The van der Waals surface area contributed by atoms with Crippen molar-refractivity contribution in [1.29, 1.82) is 0 Å². The first-order valence-electron chi connectivity index (χ1n) is 5.54. The highest BCUT2D eigenvalue weighted by atomic mass is 16.2. The molecule has 14 heavy (non-hydrogen) atoms. The van der Waals surface area contributed by atoms with Crippen molar-refractivity contribution in [2.24, 2.45) is 17.6 Å². The van der Waals surface area contributed by atoms with Crippen LogP contribution >= 0.6 is 0 Å². The van der Waals surface area contributed by atoms with E-state index < -0.39 is 0 Å². The predicted octanol–water partition coefficient (Wildman–Crippen LogP) is 1.23. The predicted molar refractivity (Wildman–Crippen MR) is 57.8 cm³/mol. The number of likely N-dealkylation sites (tertiary alicyclic amines) is 1. The molecule has 3 heteroatoms. The second-order valence-electron chi connectivity index (χ2n) is 4.83. The second kappa shape index (κ2) is 4.78. The molecule has 1 fully saturated rings. The third-order valence-corrected chi connectivity index (χ3v) is 2.92. The summed E-state index contributed by atoms with van der Waals surface area (Å²) in [4.78, 5) is 13.6. The lowest BCUT2D eigenvalue weighted by molar-refractivity contribution is -0.129. The number of hydrogen-bond donors (Lipinski definition) is 1. The quantitative estimate of drug-likeness (QED) is 0.738. The van der Waals surface area contributed by atoms with Crippen molar-refractivity contribution in [3.8, 4) is 0 Å². The molecule has 0 spiro atoms. The van der Waals surface area contributed by atoms with Crippen LogP contribution in [0.25, 0.3) is 0 Å². The summed E-state index contributed by atoms with van der Waals surface area (Å²) in [6, 6.07) is 0.208. The zero-order valence-corrected chi connectivity index (χ0v) is 9.49. The lowest BCUT2D eigenvalue weighted by Gasteiger charge is -2.23. The Bertz CT molecular complexity index is 203. The van der Waals surface area contributed by atoms with Gasteiger partial charge in [0.05, 0.1) is 0 Å². The molecule has 2 unspecified atom stereocenters. The number of carbonyl (C=O) groups is 1. The van der Waals surface area contributed by atoms with E-state index in [2.05, 4.69) is 13.8 Å². The summed E-state index contributed by atoms with van der Waals surface area (Å²) >= 11 is 0. The van der Waals surface area contributed by atoms with Crippen molar-refractivity contribution in [2.75, 3.05) is 13.1 Å². The summed E-state index contributed by atoms with van der Waals surface area (Å²) in [6.07, 6.45) is 1.88. The van der Waals surface area contributed by atoms with Crippen molar-refractivity contribution < 1.29 is 4.79 Å². The number of hydrogen-bond acceptors (Lipinski definition) is 2. The van der Waals surface area contributed by atoms with Crippen LogP contribution in [-0.4, -0.2) is 29.9 Å². The Labute approximate surface area is 86.6 Å². The second-order valence-corrected chi connectivity index (χ2v) is 4.83. The third kappa shape index (κ3) is 2.71. The lowest BCUT2D eigenvalue weighted by Crippen LogP contribution is -2.39. The molecular formula is C11H22N2O. The zero-order valence-electron chi connectivity index (χ0n) is 9.49. The molecule has 1 rings (SSSR count). The molecule has 1 heterocycles. The highest BCUT2D eigenvalue weighted by Gasteiger charge is 2.31. The summed E-state index contributed by atoms with van der Waals surface area (Å²) in [6.45, 7) is 7.92. The highest BCUT2D eigenvalue weighted by Crippen LogP contribution is 2.25. The van der Waals surface area contributed by atoms with Gasteiger partial charge >= 0.3 is 0 Å². The van der Waals surface area contributed by atoms with E-state index in [4.69, 9.17) is 5.73 Å². The Kier molecular flexibility index (Phi) is 3.93. The van der Waals surface area contributed by atoms with Crippen LogP contribution in [0.1, 0.15) is 33.6 Å². The molecule has 2 atom stereocenters. The fourth-order valence-electron chi connectivity index (χ4n) is 2.19. The van der Waals surface area contributed by atoms with E-state index in [1.165, 1.54) is 0 Å². The molecule has 1 aliphatic heterocycles. The fourth-order valence-corrected chi connectivity index (χ4v) is 2.19. The van der Waals surface area contributed by atoms with Crippen LogP contribution in [0.15, 0.2) is 0 Å². The van der Waals surface area contributed by atoms with Gasteiger partial charge in [0.1, 0.15) is 0 Å². The first-order valence-corrected chi connectivity index (χ1v) is 5.54. The van der Waals surface area contributed by atoms with E-state index in [1.807, 2.05) is 11.8 Å². The molecule has 1 amide bonds. The molecule has 0 radical (unpaired) electrons. The molecule has 2 N–H and O–H groups in total. The molecule has 0 saturated carbocycles. The number of amides is 1. The van der Waals surface area contributed by atoms with Crippen molar-refractivity contribution in [3.63, 3.8) is 0 Å². The van der Waals surface area contributed by atoms with Crippen LogP contribution in [-0.2, 0) is 4.79 Å². The van der Waals surface area contributed by atoms with E-state index in [9.17, 15) is 4.79 Å². The minimum Gasteiger partial charge on any atom is -0.338 e. The number of rotatable bonds is 4. The Hall–Kier alpha value is -0.570. The highest BCUT2D eigenvalue weighted by molar-refractivity contribution is 5.78. The third-order valence-electron chi connectivity index (χ3n) is 2.92. The van der Waals surface area contributed by atoms with Crippen LogP contribution in [0.4, 0.5) is 0 Å². The van der Waals surface area contributed by atoms with E-state index in [0.29, 0.717) is 18.4 Å². The van der Waals surface area contributed by atoms with E-state index in [-0.39, 0.29) is 11.9 Å². The van der Waals surface area contributed by atoms with Gasteiger partial charge in [-0.1, -0.05) is 13.8 Å². The van der Waals surface area contributed by atoms with E-state index in [1.54, 1.807) is 0 Å². The van der Waals surface area contributed by atoms with Gasteiger partial charge in [0.25, 0.3) is 0 Å². The molecule has 1 saturated heterocycles. The number of nitrogens with zero attached hydrogens (tertiary/aromatic N) is 1. The smallest absolute Gasteiger partial charge is 0.223 e. The topological polar surface area (TPSA) is 46.3 Å². The molecule has 0 aromatic heterocycles. The molecule has 1 aliphatic rings. The average Bonchev–Trinajstić information content (AvgIpc) is 2.44. The monoisotopic (exact) mass is 198 g/mol. The van der Waals surface area contributed by atoms with Crippen LogP contribution in [0, 0.1) is 11.8 Å². The summed E-state index contributed by atoms with van der Waals surface area (Å²) < 4.78 is 0. The van der Waals surface area contributed by atoms with Crippen LogP contribution in [0.3, 0.4) is 0 Å². The van der Waals surface area contributed by atoms with Crippen LogP contribution < -0.4 is 5.73 Å². The minimum atomic E-state index is 0.208. The standard InChI is InChI=1S/C11H22N2O/c1-8(2)4-10-5-11(14)13(7-10)9(3)6-12/h8-10H,4-7,12H2,1-3H3. The minimum absolute atomic E-state index is 0.208. The lowest BCUT2D eigenvalue weighted by atomic mass is 9.96. The van der Waals surface area contributed by atoms with Crippen molar-refractivity contribution in [3.05, 3.63) is 0 Å². The maximum Gasteiger partial charge on any atom is 0.223 e. The van der Waals surface area contributed by atoms with Gasteiger partial charge in [-0.05, 0) is 25.2 Å². The molecular weight excluding hydrogens is 176 g/mol. The average molecular weight is 198 g/mol. The van der Waals surface area contributed by atoms with Gasteiger partial charge in [-0.2, -0.15) is 0 Å². The fraction of sp³-hybridized carbons (Fsp3) is 0.909. The van der Waals surface area contributed by atoms with Gasteiger partial charge in [0.15, 0.2) is 0 Å². The van der Waals surface area contributed by atoms with Crippen molar-refractivity contribution in [2.45, 2.75) is 39.7 Å². The number of nitrogens with two attached hydrogens (primary N) is 1. The number of carbonyl (C=O) groups excluding carboxylic acids is 1. The van der Waals surface area contributed by atoms with Crippen molar-refractivity contribution in [1.82, 2.24) is 4.90 Å². The summed E-state index contributed by atoms with van der Waals surface area (Å²) in [7, 11) is 0. The first kappa shape index (κ1) is 11.5. The molecule has 0 aromatic rings. The Morgan fingerprint density at radius 2 is 2.14 bits per heavy atom. The maximum atomic E-state index is 11.6. The molecule has 0 aliphatic carbocycles. The summed E-state index contributed by atoms with van der Waals surface area (Å²) in [5, 5.41) is 0. The Morgan fingerprint density at radius 3 is 2.64 bits per heavy atom. The Balaban J connectivity index is 2.47. The normalized spacial score (nSPS) is 24.8. The maximum absolute atomic E-state index is 11.6. The summed E-state index contributed by atoms with van der Waals surface area (Å²) in [5.41, 5.74) is 5.57. The zero-order chi connectivity index (χ0) is 10.7. The van der Waals surface area contributed by atoms with Crippen molar-refractivity contribution >= 4 is 5.91 Å². The largest absolute Gasteiger partial charge is 0.338 e. The first-order chi connectivity index (χ1) is 6.54. The summed E-state index contributed by atoms with van der Waals surface area (Å²) in [5.74, 6) is 1.52. The van der Waals surface area contributed by atoms with E-state index in [0.717, 1.165) is 19.4 Å². The Morgan fingerprint density at radius 1 is 1.50 bits per heavy atom. The van der Waals surface area contributed by atoms with Gasteiger partial charge in [-0.3, -0.25) is 4.79 Å². The SMILES string of the molecule is CC(C)CC1CC(=O)N(C(C)CN)C1. The van der Waals surface area contributed by atoms with Gasteiger partial charge in [0, 0.05) is 25.6 Å². The molecule has 0 aromatic carbocycles. The molecule has 82 valence electrons. The van der Waals surface area contributed by atoms with Gasteiger partial charge < -0.3 is 10.6 Å².